The van der Waals surface area contributed by atoms with Crippen molar-refractivity contribution in [1.82, 2.24) is 0 Å². The number of anilines is 1. The Morgan fingerprint density at radius 1 is 1.24 bits per heavy atom. The van der Waals surface area contributed by atoms with Gasteiger partial charge in [-0.05, 0) is 25.0 Å². The largest absolute Gasteiger partial charge is 0.327 e. The number of hydrogen-bond donors (Lipinski definition) is 2. The minimum atomic E-state index is -0.712. The maximum absolute atomic E-state index is 12.9. The van der Waals surface area contributed by atoms with Gasteiger partial charge in [-0.1, -0.05) is 6.42 Å². The fourth-order valence-electron chi connectivity index (χ4n) is 2.18. The van der Waals surface area contributed by atoms with Crippen molar-refractivity contribution in [3.63, 3.8) is 0 Å². The molecule has 0 bridgehead atoms. The molecule has 2 unspecified atom stereocenters. The summed E-state index contributed by atoms with van der Waals surface area (Å²) in [6.07, 6.45) is 2.46. The third-order valence-corrected chi connectivity index (χ3v) is 3.04. The van der Waals surface area contributed by atoms with E-state index in [2.05, 4.69) is 5.32 Å². The molecule has 2 atom stereocenters. The maximum Gasteiger partial charge on any atom is 0.229 e. The fourth-order valence-corrected chi connectivity index (χ4v) is 2.18. The first-order valence-corrected chi connectivity index (χ1v) is 5.59. The Morgan fingerprint density at radius 3 is 2.41 bits per heavy atom. The van der Waals surface area contributed by atoms with E-state index in [4.69, 9.17) is 5.73 Å². The lowest BCUT2D eigenvalue weighted by Gasteiger charge is -2.15. The number of amides is 1. The highest BCUT2D eigenvalue weighted by Crippen LogP contribution is 2.25. The van der Waals surface area contributed by atoms with Gasteiger partial charge in [0, 0.05) is 17.8 Å². The van der Waals surface area contributed by atoms with Crippen LogP contribution in [0.15, 0.2) is 18.2 Å². The molecule has 1 aromatic carbocycles. The second kappa shape index (κ2) is 4.79. The van der Waals surface area contributed by atoms with Crippen LogP contribution in [0, 0.1) is 17.6 Å². The van der Waals surface area contributed by atoms with Crippen LogP contribution < -0.4 is 11.1 Å². The Kier molecular flexibility index (Phi) is 3.38. The first-order valence-electron chi connectivity index (χ1n) is 5.59. The van der Waals surface area contributed by atoms with E-state index in [1.807, 2.05) is 0 Å². The van der Waals surface area contributed by atoms with Gasteiger partial charge in [-0.15, -0.1) is 0 Å². The molecule has 1 aromatic rings. The molecular formula is C12H14F2N2O. The van der Waals surface area contributed by atoms with Gasteiger partial charge in [0.15, 0.2) is 0 Å². The van der Waals surface area contributed by atoms with Crippen molar-refractivity contribution in [2.75, 3.05) is 5.32 Å². The molecule has 0 heterocycles. The average molecular weight is 240 g/mol. The SMILES string of the molecule is NC1CCCC1C(=O)Nc1cc(F)cc(F)c1. The summed E-state index contributed by atoms with van der Waals surface area (Å²) in [4.78, 5) is 11.8. The number of carbonyl (C=O) groups excluding carboxylic acids is 1. The Bertz CT molecular complexity index is 416. The number of rotatable bonds is 2. The van der Waals surface area contributed by atoms with E-state index in [0.717, 1.165) is 37.5 Å². The molecule has 0 saturated heterocycles. The molecule has 5 heteroatoms. The van der Waals surface area contributed by atoms with E-state index in [0.29, 0.717) is 0 Å². The zero-order valence-electron chi connectivity index (χ0n) is 9.25. The van der Waals surface area contributed by atoms with Crippen molar-refractivity contribution in [3.8, 4) is 0 Å². The highest BCUT2D eigenvalue weighted by atomic mass is 19.1. The van der Waals surface area contributed by atoms with Crippen LogP contribution in [0.3, 0.4) is 0 Å². The Morgan fingerprint density at radius 2 is 1.88 bits per heavy atom. The van der Waals surface area contributed by atoms with Gasteiger partial charge in [0.05, 0.1) is 5.92 Å². The molecule has 1 amide bonds. The summed E-state index contributed by atoms with van der Waals surface area (Å²) in [5, 5.41) is 2.50. The molecule has 0 aliphatic heterocycles. The molecule has 0 aromatic heterocycles. The van der Waals surface area contributed by atoms with Crippen molar-refractivity contribution in [1.29, 1.82) is 0 Å². The quantitative estimate of drug-likeness (QED) is 0.831. The van der Waals surface area contributed by atoms with Gasteiger partial charge in [0.1, 0.15) is 11.6 Å². The average Bonchev–Trinajstić information content (AvgIpc) is 2.62. The molecule has 1 aliphatic rings. The number of hydrogen-bond acceptors (Lipinski definition) is 2. The van der Waals surface area contributed by atoms with Gasteiger partial charge in [-0.2, -0.15) is 0 Å². The van der Waals surface area contributed by atoms with Crippen LogP contribution in [0.25, 0.3) is 0 Å². The van der Waals surface area contributed by atoms with Gasteiger partial charge >= 0.3 is 0 Å². The first kappa shape index (κ1) is 12.0. The van der Waals surface area contributed by atoms with Crippen LogP contribution >= 0.6 is 0 Å². The summed E-state index contributed by atoms with van der Waals surface area (Å²) in [5.41, 5.74) is 5.92. The van der Waals surface area contributed by atoms with Crippen LogP contribution in [-0.2, 0) is 4.79 Å². The fraction of sp³-hybridized carbons (Fsp3) is 0.417. The van der Waals surface area contributed by atoms with Crippen LogP contribution in [0.1, 0.15) is 19.3 Å². The monoisotopic (exact) mass is 240 g/mol. The van der Waals surface area contributed by atoms with Crippen LogP contribution in [-0.4, -0.2) is 11.9 Å². The zero-order valence-corrected chi connectivity index (χ0v) is 9.25. The van der Waals surface area contributed by atoms with Crippen LogP contribution in [0.4, 0.5) is 14.5 Å². The number of benzene rings is 1. The highest BCUT2D eigenvalue weighted by Gasteiger charge is 2.30. The summed E-state index contributed by atoms with van der Waals surface area (Å²) >= 11 is 0. The lowest BCUT2D eigenvalue weighted by atomic mass is 10.0. The standard InChI is InChI=1S/C12H14F2N2O/c13-7-4-8(14)6-9(5-7)16-12(17)10-2-1-3-11(10)15/h4-6,10-11H,1-3,15H2,(H,16,17). The molecule has 92 valence electrons. The molecule has 0 spiro atoms. The minimum Gasteiger partial charge on any atom is -0.327 e. The van der Waals surface area contributed by atoms with Gasteiger partial charge in [-0.25, -0.2) is 8.78 Å². The third kappa shape index (κ3) is 2.79. The molecule has 17 heavy (non-hydrogen) atoms. The number of carbonyl (C=O) groups is 1. The number of nitrogens with two attached hydrogens (primary N) is 1. The molecule has 3 nitrogen and oxygen atoms in total. The van der Waals surface area contributed by atoms with Crippen LogP contribution in [0.2, 0.25) is 0 Å². The van der Waals surface area contributed by atoms with E-state index in [1.165, 1.54) is 0 Å². The van der Waals surface area contributed by atoms with Crippen molar-refractivity contribution >= 4 is 11.6 Å². The first-order chi connectivity index (χ1) is 8.06. The molecule has 1 fully saturated rings. The third-order valence-electron chi connectivity index (χ3n) is 3.04. The molecule has 1 aliphatic carbocycles. The smallest absolute Gasteiger partial charge is 0.229 e. The van der Waals surface area contributed by atoms with Gasteiger partial charge in [0.25, 0.3) is 0 Å². The maximum atomic E-state index is 12.9. The van der Waals surface area contributed by atoms with Crippen LogP contribution in [0.5, 0.6) is 0 Å². The zero-order chi connectivity index (χ0) is 12.4. The van der Waals surface area contributed by atoms with Crippen molar-refractivity contribution < 1.29 is 13.6 Å². The van der Waals surface area contributed by atoms with Gasteiger partial charge in [0.2, 0.25) is 5.91 Å². The van der Waals surface area contributed by atoms with Gasteiger partial charge < -0.3 is 11.1 Å². The van der Waals surface area contributed by atoms with Crippen molar-refractivity contribution in [2.45, 2.75) is 25.3 Å². The van der Waals surface area contributed by atoms with Crippen molar-refractivity contribution in [3.05, 3.63) is 29.8 Å². The second-order valence-corrected chi connectivity index (χ2v) is 4.35. The summed E-state index contributed by atoms with van der Waals surface area (Å²) in [5.74, 6) is -1.95. The molecule has 1 saturated carbocycles. The van der Waals surface area contributed by atoms with E-state index < -0.39 is 11.6 Å². The normalized spacial score (nSPS) is 23.7. The Hall–Kier alpha value is -1.49. The van der Waals surface area contributed by atoms with Gasteiger partial charge in [-0.3, -0.25) is 4.79 Å². The molecule has 3 N–H and O–H groups in total. The summed E-state index contributed by atoms with van der Waals surface area (Å²) in [7, 11) is 0. The predicted molar refractivity (Wildman–Crippen MR) is 60.3 cm³/mol. The lowest BCUT2D eigenvalue weighted by Crippen LogP contribution is -2.34. The number of nitrogens with one attached hydrogen (secondary N) is 1. The second-order valence-electron chi connectivity index (χ2n) is 4.35. The minimum absolute atomic E-state index is 0.131. The molecule has 0 radical (unpaired) electrons. The summed E-state index contributed by atoms with van der Waals surface area (Å²) < 4.78 is 25.8. The molecular weight excluding hydrogens is 226 g/mol. The van der Waals surface area contributed by atoms with E-state index in [-0.39, 0.29) is 23.6 Å². The molecule has 2 rings (SSSR count). The summed E-state index contributed by atoms with van der Waals surface area (Å²) in [6.45, 7) is 0. The van der Waals surface area contributed by atoms with E-state index >= 15 is 0 Å². The lowest BCUT2D eigenvalue weighted by molar-refractivity contribution is -0.120. The number of halogens is 2. The van der Waals surface area contributed by atoms with Crippen molar-refractivity contribution in [2.24, 2.45) is 11.7 Å². The topological polar surface area (TPSA) is 55.1 Å². The Balaban J connectivity index is 2.07. The van der Waals surface area contributed by atoms with E-state index in [9.17, 15) is 13.6 Å². The van der Waals surface area contributed by atoms with E-state index in [1.54, 1.807) is 0 Å². The predicted octanol–water partition coefficient (Wildman–Crippen LogP) is 2.03. The highest BCUT2D eigenvalue weighted by molar-refractivity contribution is 5.93. The Labute approximate surface area is 98.0 Å². The summed E-state index contributed by atoms with van der Waals surface area (Å²) in [6, 6.07) is 2.77.